The second-order valence-corrected chi connectivity index (χ2v) is 7.86. The third-order valence-electron chi connectivity index (χ3n) is 5.24. The fourth-order valence-electron chi connectivity index (χ4n) is 3.60. The first kappa shape index (κ1) is 22.9. The molecule has 154 valence electrons. The maximum absolute atomic E-state index is 6.52. The molecule has 0 saturated heterocycles. The summed E-state index contributed by atoms with van der Waals surface area (Å²) < 4.78 is 11.5. The van der Waals surface area contributed by atoms with Gasteiger partial charge < -0.3 is 14.8 Å². The Bertz CT molecular complexity index is 726. The Kier molecular flexibility index (Phi) is 9.43. The topological polar surface area (TPSA) is 30.5 Å². The third-order valence-corrected chi connectivity index (χ3v) is 5.52. The Hall–Kier alpha value is -1.42. The van der Waals surface area contributed by atoms with E-state index in [1.54, 1.807) is 7.11 Å². The number of hydrogen-bond donors (Lipinski definition) is 1. The molecule has 0 amide bonds. The van der Waals surface area contributed by atoms with Crippen LogP contribution in [-0.2, 0) is 13.2 Å². The zero-order valence-corrected chi connectivity index (χ0v) is 18.4. The lowest BCUT2D eigenvalue weighted by atomic mass is 10.1. The summed E-state index contributed by atoms with van der Waals surface area (Å²) in [6, 6.07) is 12.9. The van der Waals surface area contributed by atoms with Crippen molar-refractivity contribution in [1.29, 1.82) is 0 Å². The van der Waals surface area contributed by atoms with E-state index in [1.807, 2.05) is 12.1 Å². The van der Waals surface area contributed by atoms with Crippen LogP contribution in [0.5, 0.6) is 11.5 Å². The van der Waals surface area contributed by atoms with Gasteiger partial charge in [0.25, 0.3) is 0 Å². The van der Waals surface area contributed by atoms with E-state index < -0.39 is 0 Å². The van der Waals surface area contributed by atoms with Crippen molar-refractivity contribution in [1.82, 2.24) is 5.32 Å². The highest BCUT2D eigenvalue weighted by Crippen LogP contribution is 2.37. The van der Waals surface area contributed by atoms with Crippen LogP contribution in [-0.4, -0.2) is 13.2 Å². The van der Waals surface area contributed by atoms with Crippen molar-refractivity contribution < 1.29 is 9.47 Å². The minimum atomic E-state index is 0. The van der Waals surface area contributed by atoms with Gasteiger partial charge in [0.15, 0.2) is 11.5 Å². The van der Waals surface area contributed by atoms with Crippen molar-refractivity contribution in [2.45, 2.75) is 64.6 Å². The summed E-state index contributed by atoms with van der Waals surface area (Å²) in [5, 5.41) is 4.28. The lowest BCUT2D eigenvalue weighted by molar-refractivity contribution is 0.284. The van der Waals surface area contributed by atoms with Crippen LogP contribution in [0.3, 0.4) is 0 Å². The number of ether oxygens (including phenoxy) is 2. The highest BCUT2D eigenvalue weighted by molar-refractivity contribution is 6.32. The van der Waals surface area contributed by atoms with Crippen molar-refractivity contribution >= 4 is 24.0 Å². The number of hydrogen-bond acceptors (Lipinski definition) is 3. The Morgan fingerprint density at radius 3 is 2.32 bits per heavy atom. The van der Waals surface area contributed by atoms with Gasteiger partial charge in [-0.2, -0.15) is 0 Å². The van der Waals surface area contributed by atoms with Gasteiger partial charge in [0.1, 0.15) is 6.61 Å². The predicted octanol–water partition coefficient (Wildman–Crippen LogP) is 6.47. The van der Waals surface area contributed by atoms with Crippen molar-refractivity contribution in [3.05, 3.63) is 58.1 Å². The average molecular weight is 424 g/mol. The smallest absolute Gasteiger partial charge is 0.180 e. The van der Waals surface area contributed by atoms with Crippen molar-refractivity contribution in [3.63, 3.8) is 0 Å². The van der Waals surface area contributed by atoms with Crippen LogP contribution >= 0.6 is 24.0 Å². The van der Waals surface area contributed by atoms with Crippen molar-refractivity contribution in [2.75, 3.05) is 7.11 Å². The molecule has 1 fully saturated rings. The molecule has 1 aliphatic rings. The highest BCUT2D eigenvalue weighted by atomic mass is 35.5. The number of benzene rings is 2. The van der Waals surface area contributed by atoms with Crippen LogP contribution in [0.25, 0.3) is 0 Å². The van der Waals surface area contributed by atoms with E-state index in [2.05, 4.69) is 36.5 Å². The fraction of sp³-hybridized carbons (Fsp3) is 0.478. The quantitative estimate of drug-likeness (QED) is 0.517. The molecule has 1 saturated carbocycles. The summed E-state index contributed by atoms with van der Waals surface area (Å²) in [5.41, 5.74) is 3.47. The predicted molar refractivity (Wildman–Crippen MR) is 119 cm³/mol. The highest BCUT2D eigenvalue weighted by Gasteiger charge is 2.15. The van der Waals surface area contributed by atoms with E-state index >= 15 is 0 Å². The number of methoxy groups -OCH3 is 1. The number of rotatable bonds is 7. The first-order valence-electron chi connectivity index (χ1n) is 9.94. The van der Waals surface area contributed by atoms with E-state index in [9.17, 15) is 0 Å². The van der Waals surface area contributed by atoms with Gasteiger partial charge in [-0.15, -0.1) is 12.4 Å². The average Bonchev–Trinajstić information content (AvgIpc) is 2.95. The molecule has 28 heavy (non-hydrogen) atoms. The molecular weight excluding hydrogens is 393 g/mol. The zero-order valence-electron chi connectivity index (χ0n) is 16.8. The van der Waals surface area contributed by atoms with Gasteiger partial charge in [-0.3, -0.25) is 0 Å². The standard InChI is InChI=1S/C23H30ClNO2.ClH/c1-17-9-11-18(12-10-17)16-27-23-21(24)13-19(14-22(23)26-2)15-25-20-7-5-3-4-6-8-20;/h9-14,20,25H,3-8,15-16H2,1-2H3;1H. The molecule has 0 aromatic heterocycles. The van der Waals surface area contributed by atoms with Gasteiger partial charge in [0.2, 0.25) is 0 Å². The summed E-state index contributed by atoms with van der Waals surface area (Å²) in [4.78, 5) is 0. The molecule has 1 N–H and O–H groups in total. The van der Waals surface area contributed by atoms with E-state index in [0.717, 1.165) is 17.7 Å². The molecule has 0 unspecified atom stereocenters. The van der Waals surface area contributed by atoms with E-state index in [0.29, 0.717) is 29.2 Å². The van der Waals surface area contributed by atoms with Crippen LogP contribution in [0.4, 0.5) is 0 Å². The summed E-state index contributed by atoms with van der Waals surface area (Å²) >= 11 is 6.52. The number of aryl methyl sites for hydroxylation is 1. The second kappa shape index (κ2) is 11.5. The van der Waals surface area contributed by atoms with Crippen molar-refractivity contribution in [3.8, 4) is 11.5 Å². The van der Waals surface area contributed by atoms with Crippen LogP contribution in [0, 0.1) is 6.92 Å². The Morgan fingerprint density at radius 1 is 1.00 bits per heavy atom. The van der Waals surface area contributed by atoms with Gasteiger partial charge in [-0.25, -0.2) is 0 Å². The normalized spacial score (nSPS) is 14.8. The van der Waals surface area contributed by atoms with Gasteiger partial charge in [0.05, 0.1) is 12.1 Å². The molecule has 0 spiro atoms. The number of halogens is 2. The van der Waals surface area contributed by atoms with Gasteiger partial charge in [0, 0.05) is 12.6 Å². The first-order chi connectivity index (χ1) is 13.2. The fourth-order valence-corrected chi connectivity index (χ4v) is 3.89. The molecule has 3 rings (SSSR count). The van der Waals surface area contributed by atoms with Crippen LogP contribution in [0.15, 0.2) is 36.4 Å². The van der Waals surface area contributed by atoms with E-state index in [-0.39, 0.29) is 12.4 Å². The van der Waals surface area contributed by atoms with Crippen LogP contribution in [0.1, 0.15) is 55.2 Å². The molecule has 0 atom stereocenters. The molecule has 5 heteroatoms. The molecular formula is C23H31Cl2NO2. The molecule has 0 bridgehead atoms. The minimum Gasteiger partial charge on any atom is -0.493 e. The molecule has 2 aromatic rings. The summed E-state index contributed by atoms with van der Waals surface area (Å²) in [6.45, 7) is 3.35. The van der Waals surface area contributed by atoms with Gasteiger partial charge in [-0.05, 0) is 43.0 Å². The maximum atomic E-state index is 6.52. The summed E-state index contributed by atoms with van der Waals surface area (Å²) in [7, 11) is 1.66. The lowest BCUT2D eigenvalue weighted by Crippen LogP contribution is -2.27. The molecule has 1 aliphatic carbocycles. The Labute approximate surface area is 180 Å². The molecule has 0 heterocycles. The minimum absolute atomic E-state index is 0. The maximum Gasteiger partial charge on any atom is 0.180 e. The Morgan fingerprint density at radius 2 is 1.68 bits per heavy atom. The van der Waals surface area contributed by atoms with Crippen LogP contribution in [0.2, 0.25) is 5.02 Å². The molecule has 0 radical (unpaired) electrons. The first-order valence-corrected chi connectivity index (χ1v) is 10.3. The molecule has 2 aromatic carbocycles. The Balaban J connectivity index is 0.00000280. The van der Waals surface area contributed by atoms with Gasteiger partial charge in [-0.1, -0.05) is 67.1 Å². The number of nitrogens with one attached hydrogen (secondary N) is 1. The monoisotopic (exact) mass is 423 g/mol. The molecule has 3 nitrogen and oxygen atoms in total. The lowest BCUT2D eigenvalue weighted by Gasteiger charge is -2.18. The van der Waals surface area contributed by atoms with E-state index in [1.165, 1.54) is 44.1 Å². The second-order valence-electron chi connectivity index (χ2n) is 7.45. The van der Waals surface area contributed by atoms with E-state index in [4.69, 9.17) is 21.1 Å². The zero-order chi connectivity index (χ0) is 19.1. The summed E-state index contributed by atoms with van der Waals surface area (Å²) in [5.74, 6) is 1.30. The molecule has 0 aliphatic heterocycles. The van der Waals surface area contributed by atoms with Crippen molar-refractivity contribution in [2.24, 2.45) is 0 Å². The summed E-state index contributed by atoms with van der Waals surface area (Å²) in [6.07, 6.45) is 7.92. The van der Waals surface area contributed by atoms with Crippen LogP contribution < -0.4 is 14.8 Å². The largest absolute Gasteiger partial charge is 0.493 e. The van der Waals surface area contributed by atoms with Gasteiger partial charge >= 0.3 is 0 Å². The third kappa shape index (κ3) is 6.58. The SMILES string of the molecule is COc1cc(CNC2CCCCCC2)cc(Cl)c1OCc1ccc(C)cc1.Cl.